The number of halogens is 5. The molecule has 3 unspecified atom stereocenters. The van der Waals surface area contributed by atoms with Crippen molar-refractivity contribution in [1.29, 1.82) is 0 Å². The summed E-state index contributed by atoms with van der Waals surface area (Å²) < 4.78 is 61.7. The molecule has 6 rings (SSSR count). The third-order valence-electron chi connectivity index (χ3n) is 8.77. The van der Waals surface area contributed by atoms with Crippen LogP contribution in [0, 0.1) is 5.92 Å². The zero-order chi connectivity index (χ0) is 31.9. The number of rotatable bonds is 7. The number of carbonyl (C=O) groups excluding carboxylic acids is 2. The summed E-state index contributed by atoms with van der Waals surface area (Å²) in [5.41, 5.74) is 1.92. The lowest BCUT2D eigenvalue weighted by Crippen LogP contribution is -2.49. The molecule has 2 aliphatic heterocycles. The van der Waals surface area contributed by atoms with Crippen LogP contribution in [-0.2, 0) is 15.7 Å². The summed E-state index contributed by atoms with van der Waals surface area (Å²) in [6.45, 7) is 4.76. The zero-order valence-corrected chi connectivity index (χ0v) is 25.5. The van der Waals surface area contributed by atoms with Crippen molar-refractivity contribution in [1.82, 2.24) is 14.7 Å². The largest absolute Gasteiger partial charge is 0.462 e. The predicted molar refractivity (Wildman–Crippen MR) is 162 cm³/mol. The molecule has 2 saturated heterocycles. The van der Waals surface area contributed by atoms with Gasteiger partial charge in [0.15, 0.2) is 5.69 Å². The van der Waals surface area contributed by atoms with E-state index in [2.05, 4.69) is 10.00 Å². The molecule has 240 valence electrons. The molecule has 0 radical (unpaired) electrons. The van der Waals surface area contributed by atoms with E-state index in [1.54, 1.807) is 11.0 Å². The van der Waals surface area contributed by atoms with Gasteiger partial charge in [0.05, 0.1) is 24.8 Å². The standard InChI is InChI=1S/C32H34ClF4N5O3/c1-2-45-31(44)26-18-38-42(29(26)32(35,36)37)23-4-3-11-41(19-23)28-16-21(33)7-10-24(28)20-5-8-22(9-6-20)39-12-14-40(15-13-39)30(43)25-17-27(25)34/h5-10,16,18,23,25,27H,2-4,11-15,17,19H2,1H3. The summed E-state index contributed by atoms with van der Waals surface area (Å²) in [7, 11) is 0. The first-order valence-corrected chi connectivity index (χ1v) is 15.6. The normalized spacial score (nSPS) is 22.0. The van der Waals surface area contributed by atoms with Crippen LogP contribution in [0.15, 0.2) is 48.7 Å². The summed E-state index contributed by atoms with van der Waals surface area (Å²) in [6.07, 6.45) is -3.44. The van der Waals surface area contributed by atoms with Gasteiger partial charge in [0.1, 0.15) is 11.7 Å². The van der Waals surface area contributed by atoms with Crippen LogP contribution in [0.25, 0.3) is 11.1 Å². The number of ether oxygens (including phenoxy) is 1. The summed E-state index contributed by atoms with van der Waals surface area (Å²) in [6, 6.07) is 12.9. The Kier molecular flexibility index (Phi) is 8.69. The highest BCUT2D eigenvalue weighted by atomic mass is 35.5. The Balaban J connectivity index is 1.20. The average molecular weight is 648 g/mol. The molecule has 8 nitrogen and oxygen atoms in total. The molecule has 1 amide bonds. The second-order valence-corrected chi connectivity index (χ2v) is 12.1. The van der Waals surface area contributed by atoms with E-state index in [4.69, 9.17) is 16.3 Å². The van der Waals surface area contributed by atoms with E-state index in [0.29, 0.717) is 57.0 Å². The molecular formula is C32H34ClF4N5O3. The van der Waals surface area contributed by atoms with Gasteiger partial charge in [0.25, 0.3) is 0 Å². The molecule has 1 saturated carbocycles. The van der Waals surface area contributed by atoms with Crippen molar-refractivity contribution in [3.05, 3.63) is 64.9 Å². The lowest BCUT2D eigenvalue weighted by molar-refractivity contribution is -0.145. The fourth-order valence-corrected chi connectivity index (χ4v) is 6.52. The Morgan fingerprint density at radius 3 is 2.38 bits per heavy atom. The summed E-state index contributed by atoms with van der Waals surface area (Å²) >= 11 is 6.42. The number of esters is 1. The molecule has 0 bridgehead atoms. The van der Waals surface area contributed by atoms with Crippen LogP contribution < -0.4 is 9.80 Å². The van der Waals surface area contributed by atoms with Gasteiger partial charge in [-0.2, -0.15) is 18.3 Å². The number of piperazine rings is 1. The number of nitrogens with zero attached hydrogens (tertiary/aromatic N) is 5. The van der Waals surface area contributed by atoms with Crippen molar-refractivity contribution in [2.24, 2.45) is 5.92 Å². The first kappa shape index (κ1) is 31.2. The van der Waals surface area contributed by atoms with E-state index >= 15 is 0 Å². The molecule has 2 aromatic carbocycles. The van der Waals surface area contributed by atoms with Crippen LogP contribution in [0.1, 0.15) is 48.3 Å². The van der Waals surface area contributed by atoms with Crippen molar-refractivity contribution in [3.63, 3.8) is 0 Å². The van der Waals surface area contributed by atoms with Crippen molar-refractivity contribution in [2.45, 2.75) is 44.6 Å². The molecule has 3 aromatic rings. The minimum Gasteiger partial charge on any atom is -0.462 e. The van der Waals surface area contributed by atoms with Crippen LogP contribution in [0.5, 0.6) is 0 Å². The van der Waals surface area contributed by atoms with Gasteiger partial charge in [0, 0.05) is 61.2 Å². The van der Waals surface area contributed by atoms with Gasteiger partial charge in [-0.15, -0.1) is 0 Å². The van der Waals surface area contributed by atoms with Crippen LogP contribution >= 0.6 is 11.6 Å². The molecule has 45 heavy (non-hydrogen) atoms. The molecule has 1 aromatic heterocycles. The Hall–Kier alpha value is -3.80. The quantitative estimate of drug-likeness (QED) is 0.223. The SMILES string of the molecule is CCOC(=O)c1cnn(C2CCCN(c3cc(Cl)ccc3-c3ccc(N4CCN(C(=O)C5CC5F)CC4)cc3)C2)c1C(F)(F)F. The lowest BCUT2D eigenvalue weighted by atomic mass is 9.99. The van der Waals surface area contributed by atoms with E-state index in [-0.39, 0.29) is 19.1 Å². The highest BCUT2D eigenvalue weighted by molar-refractivity contribution is 6.31. The molecule has 3 heterocycles. The predicted octanol–water partition coefficient (Wildman–Crippen LogP) is 6.25. The summed E-state index contributed by atoms with van der Waals surface area (Å²) in [5, 5.41) is 4.52. The number of aromatic nitrogens is 2. The number of benzene rings is 2. The first-order chi connectivity index (χ1) is 21.5. The van der Waals surface area contributed by atoms with Crippen molar-refractivity contribution in [2.75, 3.05) is 55.7 Å². The summed E-state index contributed by atoms with van der Waals surface area (Å²) in [4.78, 5) is 30.7. The second-order valence-electron chi connectivity index (χ2n) is 11.7. The van der Waals surface area contributed by atoms with Crippen LogP contribution in [0.3, 0.4) is 0 Å². The van der Waals surface area contributed by atoms with E-state index in [0.717, 1.165) is 33.4 Å². The molecule has 3 atom stereocenters. The smallest absolute Gasteiger partial charge is 0.433 e. The number of hydrogen-bond acceptors (Lipinski definition) is 6. The second kappa shape index (κ2) is 12.5. The molecule has 0 spiro atoms. The Bertz CT molecular complexity index is 1560. The Morgan fingerprint density at radius 1 is 1.02 bits per heavy atom. The van der Waals surface area contributed by atoms with E-state index < -0.39 is 41.5 Å². The maximum Gasteiger partial charge on any atom is 0.433 e. The van der Waals surface area contributed by atoms with Crippen LogP contribution in [0.2, 0.25) is 5.02 Å². The van der Waals surface area contributed by atoms with E-state index in [1.807, 2.05) is 41.3 Å². The van der Waals surface area contributed by atoms with Crippen molar-refractivity contribution < 1.29 is 31.9 Å². The Morgan fingerprint density at radius 2 is 1.73 bits per heavy atom. The number of hydrogen-bond donors (Lipinski definition) is 0. The molecular weight excluding hydrogens is 614 g/mol. The average Bonchev–Trinajstić information content (AvgIpc) is 3.58. The monoisotopic (exact) mass is 647 g/mol. The molecule has 13 heteroatoms. The highest BCUT2D eigenvalue weighted by Crippen LogP contribution is 2.40. The third-order valence-corrected chi connectivity index (χ3v) is 9.00. The van der Waals surface area contributed by atoms with Crippen LogP contribution in [0.4, 0.5) is 28.9 Å². The fraction of sp³-hybridized carbons (Fsp3) is 0.469. The minimum atomic E-state index is -4.79. The van der Waals surface area contributed by atoms with Gasteiger partial charge in [-0.25, -0.2) is 9.18 Å². The topological polar surface area (TPSA) is 70.9 Å². The molecule has 0 N–H and O–H groups in total. The third kappa shape index (κ3) is 6.47. The van der Waals surface area contributed by atoms with E-state index in [1.165, 1.54) is 6.92 Å². The fourth-order valence-electron chi connectivity index (χ4n) is 6.35. The van der Waals surface area contributed by atoms with Gasteiger partial charge >= 0.3 is 12.1 Å². The zero-order valence-electron chi connectivity index (χ0n) is 24.8. The van der Waals surface area contributed by atoms with Gasteiger partial charge in [-0.1, -0.05) is 29.8 Å². The maximum absolute atomic E-state index is 14.2. The molecule has 3 aliphatic rings. The van der Waals surface area contributed by atoms with E-state index in [9.17, 15) is 27.2 Å². The first-order valence-electron chi connectivity index (χ1n) is 15.2. The number of carbonyl (C=O) groups is 2. The Labute approximate surface area is 263 Å². The minimum absolute atomic E-state index is 0.0446. The number of alkyl halides is 4. The molecule has 1 aliphatic carbocycles. The van der Waals surface area contributed by atoms with Crippen molar-refractivity contribution in [3.8, 4) is 11.1 Å². The number of anilines is 2. The molecule has 3 fully saturated rings. The van der Waals surface area contributed by atoms with Crippen LogP contribution in [-0.4, -0.2) is 78.6 Å². The van der Waals surface area contributed by atoms with Gasteiger partial charge < -0.3 is 19.4 Å². The summed E-state index contributed by atoms with van der Waals surface area (Å²) in [5.74, 6) is -1.60. The van der Waals surface area contributed by atoms with Crippen molar-refractivity contribution >= 4 is 34.9 Å². The highest BCUT2D eigenvalue weighted by Gasteiger charge is 2.46. The van der Waals surface area contributed by atoms with Gasteiger partial charge in [-0.3, -0.25) is 9.48 Å². The maximum atomic E-state index is 14.2. The number of piperidine rings is 1. The van der Waals surface area contributed by atoms with Gasteiger partial charge in [-0.05, 0) is 56.0 Å². The number of amides is 1. The lowest BCUT2D eigenvalue weighted by Gasteiger charge is -2.37. The van der Waals surface area contributed by atoms with Gasteiger partial charge in [0.2, 0.25) is 5.91 Å².